The number of carbonyl (C=O) groups is 2. The zero-order valence-electron chi connectivity index (χ0n) is 17.8. The van der Waals surface area contributed by atoms with Crippen molar-refractivity contribution in [3.05, 3.63) is 76.8 Å². The normalized spacial score (nSPS) is 11.8. The zero-order valence-corrected chi connectivity index (χ0v) is 18.6. The highest BCUT2D eigenvalue weighted by molar-refractivity contribution is 7.16. The molecule has 2 atom stereocenters. The largest absolute Gasteiger partial charge is 0.391 e. The molecule has 0 aliphatic heterocycles. The molecule has 0 fully saturated rings. The fourth-order valence-corrected chi connectivity index (χ4v) is 3.70. The highest BCUT2D eigenvalue weighted by atomic mass is 32.1. The maximum absolute atomic E-state index is 12.4. The average Bonchev–Trinajstić information content (AvgIpc) is 3.29. The van der Waals surface area contributed by atoms with Gasteiger partial charge >= 0.3 is 0 Å². The van der Waals surface area contributed by atoms with Crippen molar-refractivity contribution in [1.82, 2.24) is 10.3 Å². The van der Waals surface area contributed by atoms with Gasteiger partial charge in [-0.3, -0.25) is 14.6 Å². The fourth-order valence-electron chi connectivity index (χ4n) is 2.87. The van der Waals surface area contributed by atoms with Crippen LogP contribution in [0, 0.1) is 23.7 Å². The molecule has 1 aromatic carbocycles. The van der Waals surface area contributed by atoms with E-state index in [9.17, 15) is 14.7 Å². The summed E-state index contributed by atoms with van der Waals surface area (Å²) in [6.45, 7) is 3.17. The van der Waals surface area contributed by atoms with Gasteiger partial charge in [-0.1, -0.05) is 18.9 Å². The first kappa shape index (κ1) is 23.0. The first-order valence-electron chi connectivity index (χ1n) is 10.1. The summed E-state index contributed by atoms with van der Waals surface area (Å²) in [6, 6.07) is 15.5. The maximum Gasteiger partial charge on any atom is 0.251 e. The molecule has 0 aliphatic carbocycles. The SMILES string of the molecule is CCC(=O)[C@@H](NC(=O)c1ccc(C#CC#Cc2ccc(-c3ccccn3)s2)cc1)[C@H](C)O. The van der Waals surface area contributed by atoms with Crippen LogP contribution in [0.3, 0.4) is 0 Å². The first-order chi connectivity index (χ1) is 15.5. The molecule has 0 spiro atoms. The molecule has 2 N–H and O–H groups in total. The lowest BCUT2D eigenvalue weighted by Gasteiger charge is -2.19. The predicted octanol–water partition coefficient (Wildman–Crippen LogP) is 3.67. The molecule has 0 saturated carbocycles. The Bertz CT molecular complexity index is 1210. The van der Waals surface area contributed by atoms with Gasteiger partial charge in [0.15, 0.2) is 5.78 Å². The lowest BCUT2D eigenvalue weighted by molar-refractivity contribution is -0.122. The summed E-state index contributed by atoms with van der Waals surface area (Å²) in [5, 5.41) is 12.3. The van der Waals surface area contributed by atoms with E-state index in [4.69, 9.17) is 0 Å². The number of rotatable bonds is 6. The molecule has 6 heteroatoms. The highest BCUT2D eigenvalue weighted by Gasteiger charge is 2.24. The van der Waals surface area contributed by atoms with Gasteiger partial charge in [-0.05, 0) is 73.2 Å². The van der Waals surface area contributed by atoms with Gasteiger partial charge in [0.2, 0.25) is 0 Å². The number of aliphatic hydroxyl groups is 1. The quantitative estimate of drug-likeness (QED) is 0.571. The zero-order chi connectivity index (χ0) is 22.9. The Morgan fingerprint density at radius 3 is 2.47 bits per heavy atom. The molecule has 0 aliphatic rings. The molecular formula is C26H22N2O3S. The fraction of sp³-hybridized carbons (Fsp3) is 0.192. The van der Waals surface area contributed by atoms with Crippen LogP contribution in [0.5, 0.6) is 0 Å². The molecule has 0 radical (unpaired) electrons. The second-order valence-electron chi connectivity index (χ2n) is 6.97. The third-order valence-electron chi connectivity index (χ3n) is 4.59. The molecule has 3 aromatic rings. The number of nitrogens with one attached hydrogen (secondary N) is 1. The van der Waals surface area contributed by atoms with Crippen molar-refractivity contribution >= 4 is 23.0 Å². The summed E-state index contributed by atoms with van der Waals surface area (Å²) < 4.78 is 0. The van der Waals surface area contributed by atoms with Crippen LogP contribution < -0.4 is 5.32 Å². The Morgan fingerprint density at radius 1 is 1.06 bits per heavy atom. The van der Waals surface area contributed by atoms with E-state index < -0.39 is 18.1 Å². The van der Waals surface area contributed by atoms with Crippen molar-refractivity contribution in [3.63, 3.8) is 0 Å². The molecule has 160 valence electrons. The van der Waals surface area contributed by atoms with E-state index in [1.165, 1.54) is 6.92 Å². The minimum Gasteiger partial charge on any atom is -0.391 e. The monoisotopic (exact) mass is 442 g/mol. The number of hydrogen-bond acceptors (Lipinski definition) is 5. The van der Waals surface area contributed by atoms with Gasteiger partial charge in [-0.2, -0.15) is 0 Å². The van der Waals surface area contributed by atoms with Gasteiger partial charge in [-0.25, -0.2) is 0 Å². The van der Waals surface area contributed by atoms with Crippen LogP contribution in [0.1, 0.15) is 41.1 Å². The van der Waals surface area contributed by atoms with Crippen LogP contribution in [0.25, 0.3) is 10.6 Å². The smallest absolute Gasteiger partial charge is 0.251 e. The Labute approximate surface area is 191 Å². The number of hydrogen-bond donors (Lipinski definition) is 2. The molecule has 0 bridgehead atoms. The van der Waals surface area contributed by atoms with E-state index in [-0.39, 0.29) is 12.2 Å². The molecule has 0 unspecified atom stereocenters. The van der Waals surface area contributed by atoms with Gasteiger partial charge < -0.3 is 10.4 Å². The average molecular weight is 443 g/mol. The lowest BCUT2D eigenvalue weighted by Crippen LogP contribution is -2.47. The van der Waals surface area contributed by atoms with Crippen LogP contribution in [0.2, 0.25) is 0 Å². The van der Waals surface area contributed by atoms with Crippen molar-refractivity contribution in [2.24, 2.45) is 0 Å². The summed E-state index contributed by atoms with van der Waals surface area (Å²) in [6.07, 6.45) is 1.04. The van der Waals surface area contributed by atoms with E-state index >= 15 is 0 Å². The van der Waals surface area contributed by atoms with Crippen molar-refractivity contribution in [3.8, 4) is 34.3 Å². The minimum absolute atomic E-state index is 0.215. The number of amides is 1. The number of nitrogens with zero attached hydrogens (tertiary/aromatic N) is 1. The number of Topliss-reactive ketones (excluding diaryl/α,β-unsaturated/α-hetero) is 1. The van der Waals surface area contributed by atoms with Crippen LogP contribution in [-0.2, 0) is 4.79 Å². The number of aliphatic hydroxyl groups excluding tert-OH is 1. The Kier molecular flexibility index (Phi) is 7.94. The van der Waals surface area contributed by atoms with Crippen molar-refractivity contribution in [2.45, 2.75) is 32.4 Å². The molecule has 2 aromatic heterocycles. The van der Waals surface area contributed by atoms with Crippen LogP contribution >= 0.6 is 11.3 Å². The number of pyridine rings is 1. The predicted molar refractivity (Wildman–Crippen MR) is 126 cm³/mol. The van der Waals surface area contributed by atoms with E-state index in [1.807, 2.05) is 30.3 Å². The molecule has 32 heavy (non-hydrogen) atoms. The molecule has 3 rings (SSSR count). The Balaban J connectivity index is 1.62. The maximum atomic E-state index is 12.4. The van der Waals surface area contributed by atoms with Crippen LogP contribution in [0.4, 0.5) is 0 Å². The van der Waals surface area contributed by atoms with Crippen LogP contribution in [0.15, 0.2) is 60.8 Å². The number of ketones is 1. The number of aromatic nitrogens is 1. The van der Waals surface area contributed by atoms with E-state index in [0.717, 1.165) is 15.4 Å². The Morgan fingerprint density at radius 2 is 1.81 bits per heavy atom. The standard InChI is InChI=1S/C26H22N2O3S/c1-3-23(30)25(18(2)29)28-26(31)20-13-11-19(12-14-20)8-4-5-9-21-15-16-24(32-21)22-10-6-7-17-27-22/h6-7,10-18,25,29H,3H2,1-2H3,(H,28,31)/t18-,25-/m0/s1. The molecule has 1 amide bonds. The summed E-state index contributed by atoms with van der Waals surface area (Å²) in [7, 11) is 0. The Hall–Kier alpha value is -3.71. The highest BCUT2D eigenvalue weighted by Crippen LogP contribution is 2.25. The summed E-state index contributed by atoms with van der Waals surface area (Å²) in [5.41, 5.74) is 2.02. The summed E-state index contributed by atoms with van der Waals surface area (Å²) in [4.78, 5) is 30.6. The van der Waals surface area contributed by atoms with Crippen molar-refractivity contribution < 1.29 is 14.7 Å². The number of thiophene rings is 1. The van der Waals surface area contributed by atoms with Crippen molar-refractivity contribution in [1.29, 1.82) is 0 Å². The molecule has 0 saturated heterocycles. The lowest BCUT2D eigenvalue weighted by atomic mass is 10.0. The van der Waals surface area contributed by atoms with Gasteiger partial charge in [0, 0.05) is 23.7 Å². The second kappa shape index (κ2) is 11.1. The minimum atomic E-state index is -0.960. The first-order valence-corrected chi connectivity index (χ1v) is 10.9. The number of benzene rings is 1. The third kappa shape index (κ3) is 6.15. The van der Waals surface area contributed by atoms with E-state index in [1.54, 1.807) is 48.7 Å². The van der Waals surface area contributed by atoms with E-state index in [0.29, 0.717) is 11.1 Å². The van der Waals surface area contributed by atoms with E-state index in [2.05, 4.69) is 34.0 Å². The number of carbonyl (C=O) groups excluding carboxylic acids is 2. The van der Waals surface area contributed by atoms with Crippen LogP contribution in [-0.4, -0.2) is 33.9 Å². The van der Waals surface area contributed by atoms with Crippen molar-refractivity contribution in [2.75, 3.05) is 0 Å². The third-order valence-corrected chi connectivity index (χ3v) is 5.61. The van der Waals surface area contributed by atoms with Gasteiger partial charge in [0.1, 0.15) is 6.04 Å². The summed E-state index contributed by atoms with van der Waals surface area (Å²) in [5.74, 6) is 11.0. The summed E-state index contributed by atoms with van der Waals surface area (Å²) >= 11 is 1.56. The molecule has 2 heterocycles. The topological polar surface area (TPSA) is 79.3 Å². The molecule has 5 nitrogen and oxygen atoms in total. The van der Waals surface area contributed by atoms with Gasteiger partial charge in [0.05, 0.1) is 21.6 Å². The second-order valence-corrected chi connectivity index (χ2v) is 8.05. The molecular weight excluding hydrogens is 420 g/mol. The van der Waals surface area contributed by atoms with Gasteiger partial charge in [0.25, 0.3) is 5.91 Å². The van der Waals surface area contributed by atoms with Gasteiger partial charge in [-0.15, -0.1) is 11.3 Å².